The number of nitrogens with one attached hydrogen (secondary N) is 1. The standard InChI is InChI=1S/C34H28ClFN4O2S/c1-22-11-17-26(18-12-22)40-34-31(32(38-40)24-7-3-2-4-8-24)33(27-9-5-6-10-28(27)35)43-21-30(42)39(34)20-29(41)37-19-23-13-15-25(36)16-14-23/h2-18,33H,19-21H2,1H3,(H,37,41)/t33-/m0/s1. The van der Waals surface area contributed by atoms with Gasteiger partial charge in [-0.05, 0) is 48.4 Å². The summed E-state index contributed by atoms with van der Waals surface area (Å²) in [6.07, 6.45) is 0. The van der Waals surface area contributed by atoms with Crippen LogP contribution < -0.4 is 10.2 Å². The van der Waals surface area contributed by atoms with E-state index in [-0.39, 0.29) is 41.7 Å². The summed E-state index contributed by atoms with van der Waals surface area (Å²) in [5.74, 6) is -0.243. The Hall–Kier alpha value is -4.40. The number of anilines is 1. The van der Waals surface area contributed by atoms with E-state index in [4.69, 9.17) is 16.7 Å². The Morgan fingerprint density at radius 1 is 0.977 bits per heavy atom. The predicted molar refractivity (Wildman–Crippen MR) is 170 cm³/mol. The number of rotatable bonds is 7. The van der Waals surface area contributed by atoms with Gasteiger partial charge in [0, 0.05) is 22.7 Å². The molecule has 0 unspecified atom stereocenters. The molecule has 43 heavy (non-hydrogen) atoms. The van der Waals surface area contributed by atoms with E-state index in [0.717, 1.165) is 33.5 Å². The molecule has 216 valence electrons. The first-order valence-corrected chi connectivity index (χ1v) is 15.2. The van der Waals surface area contributed by atoms with Crippen molar-refractivity contribution in [1.82, 2.24) is 15.1 Å². The van der Waals surface area contributed by atoms with Crippen LogP contribution in [0.3, 0.4) is 0 Å². The maximum Gasteiger partial charge on any atom is 0.240 e. The Bertz CT molecular complexity index is 1780. The quantitative estimate of drug-likeness (QED) is 0.213. The first kappa shape index (κ1) is 28.7. The molecule has 6 nitrogen and oxygen atoms in total. The van der Waals surface area contributed by atoms with Gasteiger partial charge < -0.3 is 5.32 Å². The number of halogens is 2. The van der Waals surface area contributed by atoms with Crippen molar-refractivity contribution in [2.75, 3.05) is 17.2 Å². The topological polar surface area (TPSA) is 67.2 Å². The molecule has 0 fully saturated rings. The average molecular weight is 611 g/mol. The van der Waals surface area contributed by atoms with Crippen LogP contribution in [-0.2, 0) is 16.1 Å². The van der Waals surface area contributed by atoms with Crippen LogP contribution in [0.4, 0.5) is 10.2 Å². The molecule has 1 aromatic heterocycles. The molecule has 0 aliphatic carbocycles. The SMILES string of the molecule is Cc1ccc(-n2nc(-c3ccccc3)c3c2N(CC(=O)NCc2ccc(F)cc2)C(=O)CS[C@H]3c2ccccc2Cl)cc1. The summed E-state index contributed by atoms with van der Waals surface area (Å²) < 4.78 is 15.1. The number of carbonyl (C=O) groups is 2. The summed E-state index contributed by atoms with van der Waals surface area (Å²) in [4.78, 5) is 28.8. The molecule has 2 heterocycles. The Morgan fingerprint density at radius 2 is 1.67 bits per heavy atom. The zero-order valence-corrected chi connectivity index (χ0v) is 24.9. The van der Waals surface area contributed by atoms with Gasteiger partial charge in [0.1, 0.15) is 18.2 Å². The van der Waals surface area contributed by atoms with E-state index < -0.39 is 0 Å². The van der Waals surface area contributed by atoms with Gasteiger partial charge in [-0.15, -0.1) is 11.8 Å². The molecule has 1 aliphatic heterocycles. The molecule has 4 aromatic carbocycles. The van der Waals surface area contributed by atoms with Crippen molar-refractivity contribution in [3.63, 3.8) is 0 Å². The van der Waals surface area contributed by atoms with Gasteiger partial charge in [0.25, 0.3) is 0 Å². The molecular weight excluding hydrogens is 583 g/mol. The van der Waals surface area contributed by atoms with Crippen LogP contribution in [0.1, 0.15) is 27.5 Å². The van der Waals surface area contributed by atoms with Gasteiger partial charge in [0.15, 0.2) is 0 Å². The van der Waals surface area contributed by atoms with Crippen LogP contribution in [0.25, 0.3) is 16.9 Å². The number of fused-ring (bicyclic) bond motifs is 1. The first-order chi connectivity index (χ1) is 20.9. The van der Waals surface area contributed by atoms with Gasteiger partial charge in [0.2, 0.25) is 11.8 Å². The van der Waals surface area contributed by atoms with Crippen molar-refractivity contribution in [2.45, 2.75) is 18.7 Å². The number of benzene rings is 4. The van der Waals surface area contributed by atoms with E-state index in [9.17, 15) is 14.0 Å². The normalized spacial score (nSPS) is 14.7. The van der Waals surface area contributed by atoms with Crippen molar-refractivity contribution in [3.8, 4) is 16.9 Å². The molecule has 9 heteroatoms. The second-order valence-corrected chi connectivity index (χ2v) is 11.8. The third-order valence-corrected chi connectivity index (χ3v) is 8.89. The number of hydrogen-bond donors (Lipinski definition) is 1. The number of thioether (sulfide) groups is 1. The van der Waals surface area contributed by atoms with E-state index in [2.05, 4.69) is 5.32 Å². The lowest BCUT2D eigenvalue weighted by atomic mass is 9.99. The Kier molecular flexibility index (Phi) is 8.31. The largest absolute Gasteiger partial charge is 0.350 e. The molecule has 5 aromatic rings. The van der Waals surface area contributed by atoms with Crippen LogP contribution in [0, 0.1) is 12.7 Å². The van der Waals surface area contributed by atoms with Crippen molar-refractivity contribution in [3.05, 3.63) is 136 Å². The van der Waals surface area contributed by atoms with Crippen molar-refractivity contribution in [1.29, 1.82) is 0 Å². The highest BCUT2D eigenvalue weighted by Crippen LogP contribution is 2.49. The highest BCUT2D eigenvalue weighted by Gasteiger charge is 2.38. The zero-order valence-electron chi connectivity index (χ0n) is 23.3. The number of aromatic nitrogens is 2. The summed E-state index contributed by atoms with van der Waals surface area (Å²) in [6, 6.07) is 31.3. The number of carbonyl (C=O) groups excluding carboxylic acids is 2. The lowest BCUT2D eigenvalue weighted by Gasteiger charge is -2.23. The van der Waals surface area contributed by atoms with Crippen LogP contribution in [-0.4, -0.2) is 33.9 Å². The van der Waals surface area contributed by atoms with Gasteiger partial charge in [-0.3, -0.25) is 14.5 Å². The fourth-order valence-electron chi connectivity index (χ4n) is 5.13. The Balaban J connectivity index is 1.50. The third kappa shape index (κ3) is 6.07. The number of hydrogen-bond acceptors (Lipinski definition) is 4. The summed E-state index contributed by atoms with van der Waals surface area (Å²) in [5.41, 5.74) is 5.87. The van der Waals surface area contributed by atoms with Crippen LogP contribution >= 0.6 is 23.4 Å². The number of aryl methyl sites for hydroxylation is 1. The van der Waals surface area contributed by atoms with Crippen LogP contribution in [0.2, 0.25) is 5.02 Å². The van der Waals surface area contributed by atoms with Gasteiger partial charge >= 0.3 is 0 Å². The lowest BCUT2D eigenvalue weighted by molar-refractivity contribution is -0.123. The minimum absolute atomic E-state index is 0.137. The summed E-state index contributed by atoms with van der Waals surface area (Å²) in [5, 5.41) is 8.25. The van der Waals surface area contributed by atoms with Crippen molar-refractivity contribution >= 4 is 41.0 Å². The molecule has 0 saturated heterocycles. The molecule has 2 amide bonds. The molecule has 0 bridgehead atoms. The maximum atomic E-state index is 13.9. The number of nitrogens with zero attached hydrogens (tertiary/aromatic N) is 3. The zero-order chi connectivity index (χ0) is 29.9. The molecule has 1 aliphatic rings. The summed E-state index contributed by atoms with van der Waals surface area (Å²) in [7, 11) is 0. The van der Waals surface area contributed by atoms with Crippen LogP contribution in [0.5, 0.6) is 0 Å². The monoisotopic (exact) mass is 610 g/mol. The van der Waals surface area contributed by atoms with E-state index >= 15 is 0 Å². The third-order valence-electron chi connectivity index (χ3n) is 7.31. The fourth-order valence-corrected chi connectivity index (χ4v) is 6.67. The molecule has 0 spiro atoms. The van der Waals surface area contributed by atoms with Gasteiger partial charge in [-0.25, -0.2) is 9.07 Å². The van der Waals surface area contributed by atoms with Gasteiger partial charge in [0.05, 0.1) is 22.4 Å². The Morgan fingerprint density at radius 3 is 2.40 bits per heavy atom. The van der Waals surface area contributed by atoms with E-state index in [1.54, 1.807) is 16.8 Å². The Labute approximate surface area is 258 Å². The highest BCUT2D eigenvalue weighted by atomic mass is 35.5. The van der Waals surface area contributed by atoms with Gasteiger partial charge in [-0.2, -0.15) is 5.10 Å². The first-order valence-electron chi connectivity index (χ1n) is 13.8. The molecule has 0 saturated carbocycles. The smallest absolute Gasteiger partial charge is 0.240 e. The van der Waals surface area contributed by atoms with E-state index in [0.29, 0.717) is 16.5 Å². The van der Waals surface area contributed by atoms with Crippen LogP contribution in [0.15, 0.2) is 103 Å². The van der Waals surface area contributed by atoms with E-state index in [1.807, 2.05) is 85.8 Å². The summed E-state index contributed by atoms with van der Waals surface area (Å²) >= 11 is 8.22. The molecular formula is C34H28ClFN4O2S. The van der Waals surface area contributed by atoms with E-state index in [1.165, 1.54) is 28.8 Å². The lowest BCUT2D eigenvalue weighted by Crippen LogP contribution is -2.42. The van der Waals surface area contributed by atoms with Gasteiger partial charge in [-0.1, -0.05) is 90.0 Å². The number of amides is 2. The molecule has 6 rings (SSSR count). The average Bonchev–Trinajstić information content (AvgIpc) is 3.35. The maximum absolute atomic E-state index is 13.9. The van der Waals surface area contributed by atoms with Crippen molar-refractivity contribution < 1.29 is 14.0 Å². The minimum atomic E-state index is -0.345. The summed E-state index contributed by atoms with van der Waals surface area (Å²) in [6.45, 7) is 2.00. The predicted octanol–water partition coefficient (Wildman–Crippen LogP) is 7.13. The van der Waals surface area contributed by atoms with Crippen molar-refractivity contribution in [2.24, 2.45) is 0 Å². The second kappa shape index (κ2) is 12.5. The fraction of sp³-hybridized carbons (Fsp3) is 0.147. The second-order valence-electron chi connectivity index (χ2n) is 10.3. The molecule has 1 atom stereocenters. The molecule has 0 radical (unpaired) electrons. The molecule has 1 N–H and O–H groups in total. The highest BCUT2D eigenvalue weighted by molar-refractivity contribution is 8.00. The minimum Gasteiger partial charge on any atom is -0.350 e.